The maximum absolute atomic E-state index is 15.0. The molecule has 1 aromatic heterocycles. The van der Waals surface area contributed by atoms with Crippen molar-refractivity contribution in [2.75, 3.05) is 40.2 Å². The van der Waals surface area contributed by atoms with Gasteiger partial charge in [0.2, 0.25) is 17.8 Å². The van der Waals surface area contributed by atoms with Gasteiger partial charge in [-0.1, -0.05) is 6.58 Å². The first-order valence-corrected chi connectivity index (χ1v) is 22.3. The Bertz CT molecular complexity index is 2900. The highest BCUT2D eigenvalue weighted by Gasteiger charge is 2.33. The van der Waals surface area contributed by atoms with E-state index in [-0.39, 0.29) is 37.1 Å². The van der Waals surface area contributed by atoms with Crippen LogP contribution < -0.4 is 15.5 Å². The van der Waals surface area contributed by atoms with Crippen molar-refractivity contribution in [3.8, 4) is 5.75 Å². The Balaban J connectivity index is 1.76. The van der Waals surface area contributed by atoms with E-state index in [1.165, 1.54) is 29.1 Å². The van der Waals surface area contributed by atoms with E-state index in [4.69, 9.17) is 5.11 Å². The molecule has 0 amide bonds. The van der Waals surface area contributed by atoms with Gasteiger partial charge in [-0.2, -0.15) is 60.4 Å². The molecule has 0 atom stereocenters. The molecule has 1 aliphatic heterocycles. The van der Waals surface area contributed by atoms with Gasteiger partial charge < -0.3 is 20.8 Å². The molecule has 8 N–H and O–H groups in total. The van der Waals surface area contributed by atoms with Crippen LogP contribution in [0.5, 0.6) is 5.75 Å². The number of azo groups is 1. The van der Waals surface area contributed by atoms with E-state index < -0.39 is 105 Å². The molecule has 58 heavy (non-hydrogen) atoms. The zero-order valence-corrected chi connectivity index (χ0v) is 32.7. The van der Waals surface area contributed by atoms with Crippen LogP contribution in [0, 0.1) is 11.6 Å². The van der Waals surface area contributed by atoms with Crippen LogP contribution in [0.1, 0.15) is 0 Å². The van der Waals surface area contributed by atoms with E-state index >= 15 is 4.39 Å². The summed E-state index contributed by atoms with van der Waals surface area (Å²) in [7, 11) is -22.4. The largest absolute Gasteiger partial charge is 0.505 e. The zero-order chi connectivity index (χ0) is 43.0. The molecule has 5 rings (SSSR count). The summed E-state index contributed by atoms with van der Waals surface area (Å²) in [5.41, 5.74) is -2.79. The van der Waals surface area contributed by atoms with Gasteiger partial charge in [0.15, 0.2) is 21.4 Å². The summed E-state index contributed by atoms with van der Waals surface area (Å²) in [6.45, 7) is 3.99. The molecule has 0 unspecified atom stereocenters. The first-order valence-electron chi connectivity index (χ1n) is 15.4. The minimum Gasteiger partial charge on any atom is -0.505 e. The van der Waals surface area contributed by atoms with Crippen LogP contribution in [0.4, 0.5) is 43.7 Å². The fourth-order valence-electron chi connectivity index (χ4n) is 4.96. The van der Waals surface area contributed by atoms with Gasteiger partial charge in [-0.05, 0) is 41.3 Å². The zero-order valence-electron chi connectivity index (χ0n) is 28.6. The Hall–Kier alpha value is -5.24. The average Bonchev–Trinajstić information content (AvgIpc) is 3.08. The SMILES string of the molecule is C=C1C=CN(c2nc(NCCSCCO)nc(Nc3cc(S(=O)(=O)O)cc4cc(S(=O)(=O)O)c(N=Nc5cc(F)c(S(=O)(=O)O)c(F)c5S(=O)(=O)O)c(O)c34)n2)C=C1. The predicted octanol–water partition coefficient (Wildman–Crippen LogP) is 3.70. The summed E-state index contributed by atoms with van der Waals surface area (Å²) < 4.78 is 166. The quantitative estimate of drug-likeness (QED) is 0.0479. The predicted molar refractivity (Wildman–Crippen MR) is 201 cm³/mol. The van der Waals surface area contributed by atoms with Crippen molar-refractivity contribution in [2.24, 2.45) is 10.2 Å². The van der Waals surface area contributed by atoms with Gasteiger partial charge in [0, 0.05) is 41.9 Å². The molecule has 29 heteroatoms. The van der Waals surface area contributed by atoms with Crippen molar-refractivity contribution >= 4 is 97.9 Å². The number of phenolic OH excluding ortho intramolecular Hbond substituents is 1. The normalized spacial score (nSPS) is 13.8. The van der Waals surface area contributed by atoms with Crippen LogP contribution in [0.15, 0.2) is 90.8 Å². The third kappa shape index (κ3) is 9.88. The smallest absolute Gasteiger partial charge is 0.300 e. The number of rotatable bonds is 15. The summed E-state index contributed by atoms with van der Waals surface area (Å²) in [6.07, 6.45) is 6.25. The Morgan fingerprint density at radius 2 is 1.43 bits per heavy atom. The summed E-state index contributed by atoms with van der Waals surface area (Å²) in [4.78, 5) is 7.65. The molecule has 0 saturated carbocycles. The van der Waals surface area contributed by atoms with E-state index in [2.05, 4.69) is 42.4 Å². The third-order valence-electron chi connectivity index (χ3n) is 7.35. The van der Waals surface area contributed by atoms with Crippen molar-refractivity contribution in [1.82, 2.24) is 15.0 Å². The average molecular weight is 909 g/mol. The van der Waals surface area contributed by atoms with Gasteiger partial charge in [0.1, 0.15) is 22.1 Å². The second-order valence-electron chi connectivity index (χ2n) is 11.4. The molecule has 0 fully saturated rings. The van der Waals surface area contributed by atoms with E-state index in [0.29, 0.717) is 35.3 Å². The highest BCUT2D eigenvalue weighted by molar-refractivity contribution is 7.99. The molecule has 2 heterocycles. The second kappa shape index (κ2) is 16.6. The molecule has 0 saturated heterocycles. The number of nitrogens with zero attached hydrogens (tertiary/aromatic N) is 6. The lowest BCUT2D eigenvalue weighted by atomic mass is 10.1. The van der Waals surface area contributed by atoms with Crippen LogP contribution in [0.3, 0.4) is 0 Å². The molecule has 22 nitrogen and oxygen atoms in total. The van der Waals surface area contributed by atoms with Gasteiger partial charge in [-0.25, -0.2) is 8.78 Å². The number of allylic oxidation sites excluding steroid dienone is 3. The van der Waals surface area contributed by atoms with Crippen LogP contribution in [0.25, 0.3) is 10.8 Å². The summed E-state index contributed by atoms with van der Waals surface area (Å²) in [6, 6.07) is 1.71. The van der Waals surface area contributed by atoms with Crippen LogP contribution >= 0.6 is 11.8 Å². The standard InChI is InChI=1S/C29H26F2N8O14S5/c1-14-2-5-39(6-3-14)29-35-27(32-4-8-54-9-7-40)34-28(36-29)33-18-12-16(55(42,43)44)10-15-11-20(56(45,46)47)23(24(41)21(15)18)38-37-19-13-17(30)25(57(48,49)50)22(31)26(19)58(51,52)53/h2-3,5-6,10-13,40-41H,1,4,7-9H2,(H,42,43,44)(H,45,46,47)(H,48,49,50)(H,51,52,53)(H2,32,33,34,35,36). The summed E-state index contributed by atoms with van der Waals surface area (Å²) in [5.74, 6) is -5.67. The number of fused-ring (bicyclic) bond motifs is 1. The third-order valence-corrected chi connectivity index (χ3v) is 11.8. The highest BCUT2D eigenvalue weighted by atomic mass is 32.2. The Morgan fingerprint density at radius 3 is 2.02 bits per heavy atom. The molecule has 3 aromatic carbocycles. The maximum Gasteiger partial charge on any atom is 0.300 e. The van der Waals surface area contributed by atoms with Gasteiger partial charge >= 0.3 is 0 Å². The van der Waals surface area contributed by atoms with Gasteiger partial charge in [-0.3, -0.25) is 23.1 Å². The number of anilines is 4. The molecular weight excluding hydrogens is 883 g/mol. The van der Waals surface area contributed by atoms with Gasteiger partial charge in [0.05, 0.1) is 17.2 Å². The lowest BCUT2D eigenvalue weighted by molar-refractivity contribution is 0.322. The first-order chi connectivity index (χ1) is 26.9. The van der Waals surface area contributed by atoms with Crippen LogP contribution in [-0.4, -0.2) is 102 Å². The number of benzene rings is 3. The monoisotopic (exact) mass is 908 g/mol. The Kier molecular flexibility index (Phi) is 12.5. The maximum atomic E-state index is 15.0. The van der Waals surface area contributed by atoms with Crippen molar-refractivity contribution in [3.63, 3.8) is 0 Å². The number of nitrogens with one attached hydrogen (secondary N) is 2. The summed E-state index contributed by atoms with van der Waals surface area (Å²) >= 11 is 1.39. The number of aromatic hydroxyl groups is 1. The minimum absolute atomic E-state index is 0.0558. The fourth-order valence-corrected chi connectivity index (χ4v) is 8.13. The Morgan fingerprint density at radius 1 is 0.793 bits per heavy atom. The number of thioether (sulfide) groups is 1. The highest BCUT2D eigenvalue weighted by Crippen LogP contribution is 2.46. The number of phenols is 1. The molecule has 4 aromatic rings. The van der Waals surface area contributed by atoms with Crippen LogP contribution in [-0.2, 0) is 40.5 Å². The van der Waals surface area contributed by atoms with E-state index in [1.807, 2.05) is 0 Å². The van der Waals surface area contributed by atoms with Crippen molar-refractivity contribution in [1.29, 1.82) is 0 Å². The van der Waals surface area contributed by atoms with Crippen LogP contribution in [0.2, 0.25) is 0 Å². The number of halogens is 2. The van der Waals surface area contributed by atoms with E-state index in [9.17, 15) is 61.4 Å². The summed E-state index contributed by atoms with van der Waals surface area (Å²) in [5, 5.41) is 31.5. The number of aromatic nitrogens is 3. The number of hydrogen-bond acceptors (Lipinski definition) is 19. The topological polar surface area (TPSA) is 349 Å². The number of aliphatic hydroxyl groups is 1. The van der Waals surface area contributed by atoms with Crippen molar-refractivity contribution in [3.05, 3.63) is 72.6 Å². The fraction of sp³-hybridized carbons (Fsp3) is 0.138. The minimum atomic E-state index is -5.88. The van der Waals surface area contributed by atoms with Gasteiger partial charge in [0.25, 0.3) is 40.5 Å². The molecule has 310 valence electrons. The first kappa shape index (κ1) is 43.9. The van der Waals surface area contributed by atoms with Crippen molar-refractivity contribution < 1.29 is 70.9 Å². The second-order valence-corrected chi connectivity index (χ2v) is 18.1. The van der Waals surface area contributed by atoms with E-state index in [0.717, 1.165) is 0 Å². The van der Waals surface area contributed by atoms with Gasteiger partial charge in [-0.15, -0.1) is 10.2 Å². The lowest BCUT2D eigenvalue weighted by Crippen LogP contribution is -2.17. The molecule has 0 radical (unpaired) electrons. The lowest BCUT2D eigenvalue weighted by Gasteiger charge is -2.19. The number of hydrogen-bond donors (Lipinski definition) is 8. The molecule has 0 spiro atoms. The molecule has 0 aliphatic carbocycles. The Labute approximate surface area is 330 Å². The van der Waals surface area contributed by atoms with Crippen molar-refractivity contribution in [2.45, 2.75) is 19.6 Å². The number of aliphatic hydroxyl groups excluding tert-OH is 1. The molecule has 0 bridgehead atoms. The molecule has 1 aliphatic rings. The van der Waals surface area contributed by atoms with E-state index in [1.54, 1.807) is 12.2 Å². The molecular formula is C29H26F2N8O14S5.